The lowest BCUT2D eigenvalue weighted by Gasteiger charge is -2.19. The average Bonchev–Trinajstić information content (AvgIpc) is 2.51. The van der Waals surface area contributed by atoms with Gasteiger partial charge >= 0.3 is 0 Å². The highest BCUT2D eigenvalue weighted by Gasteiger charge is 2.37. The van der Waals surface area contributed by atoms with E-state index in [0.29, 0.717) is 5.92 Å². The van der Waals surface area contributed by atoms with Gasteiger partial charge < -0.3 is 5.32 Å². The number of carbonyl (C=O) groups excluding carboxylic acids is 1. The first-order chi connectivity index (χ1) is 7.95. The van der Waals surface area contributed by atoms with Crippen molar-refractivity contribution in [3.8, 4) is 0 Å². The third-order valence-corrected chi connectivity index (χ3v) is 3.80. The number of nitrogens with one attached hydrogen (secondary N) is 1. The van der Waals surface area contributed by atoms with Crippen molar-refractivity contribution >= 4 is 11.6 Å². The quantitative estimate of drug-likeness (QED) is 0.823. The van der Waals surface area contributed by atoms with Crippen LogP contribution in [0.15, 0.2) is 18.2 Å². The number of carbonyl (C=O) groups is 1. The van der Waals surface area contributed by atoms with Gasteiger partial charge in [-0.1, -0.05) is 32.9 Å². The molecule has 0 saturated heterocycles. The SMILES string of the molecule is CCC1CC(C)(C)c2cccc(NC(C)=O)c21. The second-order valence-electron chi connectivity index (χ2n) is 5.64. The van der Waals surface area contributed by atoms with Crippen LogP contribution in [0.3, 0.4) is 0 Å². The molecule has 1 atom stereocenters. The van der Waals surface area contributed by atoms with E-state index in [-0.39, 0.29) is 11.3 Å². The zero-order valence-electron chi connectivity index (χ0n) is 11.1. The molecule has 92 valence electrons. The lowest BCUT2D eigenvalue weighted by atomic mass is 9.86. The summed E-state index contributed by atoms with van der Waals surface area (Å²) in [4.78, 5) is 11.3. The summed E-state index contributed by atoms with van der Waals surface area (Å²) in [5.74, 6) is 0.584. The van der Waals surface area contributed by atoms with E-state index in [4.69, 9.17) is 0 Å². The fourth-order valence-electron chi connectivity index (χ4n) is 3.07. The molecule has 1 unspecified atom stereocenters. The molecule has 2 nitrogen and oxygen atoms in total. The summed E-state index contributed by atoms with van der Waals surface area (Å²) in [6.45, 7) is 8.37. The number of rotatable bonds is 2. The Hall–Kier alpha value is -1.31. The lowest BCUT2D eigenvalue weighted by Crippen LogP contribution is -2.12. The number of anilines is 1. The minimum absolute atomic E-state index is 0.0120. The van der Waals surface area contributed by atoms with E-state index in [2.05, 4.69) is 32.2 Å². The number of benzene rings is 1. The molecule has 1 aromatic carbocycles. The standard InChI is InChI=1S/C15H21NO/c1-5-11-9-15(3,4)12-7-6-8-13(14(11)12)16-10(2)17/h6-8,11H,5,9H2,1-4H3,(H,16,17). The molecule has 1 aromatic rings. The molecular weight excluding hydrogens is 210 g/mol. The van der Waals surface area contributed by atoms with Crippen molar-refractivity contribution in [1.29, 1.82) is 0 Å². The van der Waals surface area contributed by atoms with Crippen molar-refractivity contribution in [3.63, 3.8) is 0 Å². The van der Waals surface area contributed by atoms with Crippen molar-refractivity contribution in [2.75, 3.05) is 5.32 Å². The van der Waals surface area contributed by atoms with E-state index in [1.54, 1.807) is 6.92 Å². The van der Waals surface area contributed by atoms with Gasteiger partial charge in [-0.05, 0) is 41.4 Å². The van der Waals surface area contributed by atoms with Crippen LogP contribution in [0.25, 0.3) is 0 Å². The Morgan fingerprint density at radius 1 is 1.47 bits per heavy atom. The number of amides is 1. The maximum atomic E-state index is 11.3. The molecular formula is C15H21NO. The van der Waals surface area contributed by atoms with Crippen molar-refractivity contribution in [2.24, 2.45) is 0 Å². The Morgan fingerprint density at radius 3 is 2.76 bits per heavy atom. The monoisotopic (exact) mass is 231 g/mol. The highest BCUT2D eigenvalue weighted by Crippen LogP contribution is 2.49. The molecule has 2 rings (SSSR count). The Balaban J connectivity index is 2.52. The summed E-state index contributed by atoms with van der Waals surface area (Å²) in [6, 6.07) is 6.27. The third-order valence-electron chi connectivity index (χ3n) is 3.80. The van der Waals surface area contributed by atoms with E-state index >= 15 is 0 Å². The molecule has 1 aliphatic rings. The van der Waals surface area contributed by atoms with Gasteiger partial charge in [0.25, 0.3) is 0 Å². The van der Waals surface area contributed by atoms with E-state index < -0.39 is 0 Å². The fourth-order valence-corrected chi connectivity index (χ4v) is 3.07. The Bertz CT molecular complexity index is 448. The van der Waals surface area contributed by atoms with Crippen molar-refractivity contribution in [1.82, 2.24) is 0 Å². The minimum atomic E-state index is 0.0120. The fraction of sp³-hybridized carbons (Fsp3) is 0.533. The van der Waals surface area contributed by atoms with E-state index in [1.165, 1.54) is 17.5 Å². The Labute approximate surface area is 103 Å². The zero-order valence-corrected chi connectivity index (χ0v) is 11.1. The highest BCUT2D eigenvalue weighted by atomic mass is 16.1. The molecule has 1 N–H and O–H groups in total. The predicted octanol–water partition coefficient (Wildman–Crippen LogP) is 3.82. The van der Waals surface area contributed by atoms with Crippen LogP contribution < -0.4 is 5.32 Å². The van der Waals surface area contributed by atoms with Gasteiger partial charge in [0.2, 0.25) is 5.91 Å². The largest absolute Gasteiger partial charge is 0.326 e. The van der Waals surface area contributed by atoms with Gasteiger partial charge in [-0.25, -0.2) is 0 Å². The summed E-state index contributed by atoms with van der Waals surface area (Å²) < 4.78 is 0. The van der Waals surface area contributed by atoms with Gasteiger partial charge in [-0.15, -0.1) is 0 Å². The number of fused-ring (bicyclic) bond motifs is 1. The van der Waals surface area contributed by atoms with Gasteiger partial charge in [0.05, 0.1) is 0 Å². The molecule has 0 heterocycles. The molecule has 2 heteroatoms. The van der Waals surface area contributed by atoms with E-state index in [9.17, 15) is 4.79 Å². The Morgan fingerprint density at radius 2 is 2.18 bits per heavy atom. The maximum absolute atomic E-state index is 11.3. The smallest absolute Gasteiger partial charge is 0.221 e. The molecule has 1 aliphatic carbocycles. The molecule has 0 saturated carbocycles. The predicted molar refractivity (Wildman–Crippen MR) is 71.4 cm³/mol. The van der Waals surface area contributed by atoms with Crippen molar-refractivity contribution in [3.05, 3.63) is 29.3 Å². The Kier molecular flexibility index (Phi) is 2.98. The normalized spacial score (nSPS) is 21.1. The van der Waals surface area contributed by atoms with Gasteiger partial charge in [-0.2, -0.15) is 0 Å². The molecule has 0 spiro atoms. The van der Waals surface area contributed by atoms with Crippen molar-refractivity contribution < 1.29 is 4.79 Å². The van der Waals surface area contributed by atoms with Crippen LogP contribution >= 0.6 is 0 Å². The highest BCUT2D eigenvalue weighted by molar-refractivity contribution is 5.90. The number of hydrogen-bond donors (Lipinski definition) is 1. The minimum Gasteiger partial charge on any atom is -0.326 e. The molecule has 0 fully saturated rings. The number of hydrogen-bond acceptors (Lipinski definition) is 1. The van der Waals surface area contributed by atoms with Crippen LogP contribution in [-0.2, 0) is 10.2 Å². The lowest BCUT2D eigenvalue weighted by molar-refractivity contribution is -0.114. The van der Waals surface area contributed by atoms with E-state index in [0.717, 1.165) is 12.1 Å². The van der Waals surface area contributed by atoms with Crippen LogP contribution in [0.2, 0.25) is 0 Å². The summed E-state index contributed by atoms with van der Waals surface area (Å²) in [5, 5.41) is 2.97. The maximum Gasteiger partial charge on any atom is 0.221 e. The molecule has 0 bridgehead atoms. The van der Waals surface area contributed by atoms with Crippen LogP contribution in [0.5, 0.6) is 0 Å². The molecule has 0 radical (unpaired) electrons. The summed E-state index contributed by atoms with van der Waals surface area (Å²) >= 11 is 0. The summed E-state index contributed by atoms with van der Waals surface area (Å²) in [7, 11) is 0. The van der Waals surface area contributed by atoms with E-state index in [1.807, 2.05) is 12.1 Å². The second kappa shape index (κ2) is 4.17. The van der Waals surface area contributed by atoms with Crippen LogP contribution in [0.1, 0.15) is 57.6 Å². The van der Waals surface area contributed by atoms with Crippen LogP contribution in [-0.4, -0.2) is 5.91 Å². The average molecular weight is 231 g/mol. The van der Waals surface area contributed by atoms with Crippen molar-refractivity contribution in [2.45, 2.75) is 51.9 Å². The topological polar surface area (TPSA) is 29.1 Å². The van der Waals surface area contributed by atoms with Gasteiger partial charge in [0.15, 0.2) is 0 Å². The molecule has 0 aliphatic heterocycles. The second-order valence-corrected chi connectivity index (χ2v) is 5.64. The van der Waals surface area contributed by atoms with Gasteiger partial charge in [0, 0.05) is 12.6 Å². The third kappa shape index (κ3) is 2.08. The first-order valence-corrected chi connectivity index (χ1v) is 6.36. The van der Waals surface area contributed by atoms with Gasteiger partial charge in [-0.3, -0.25) is 4.79 Å². The van der Waals surface area contributed by atoms with Crippen LogP contribution in [0.4, 0.5) is 5.69 Å². The zero-order chi connectivity index (χ0) is 12.6. The summed E-state index contributed by atoms with van der Waals surface area (Å²) in [6.07, 6.45) is 2.31. The first kappa shape index (κ1) is 12.2. The van der Waals surface area contributed by atoms with Crippen LogP contribution in [0, 0.1) is 0 Å². The molecule has 0 aromatic heterocycles. The molecule has 17 heavy (non-hydrogen) atoms. The first-order valence-electron chi connectivity index (χ1n) is 6.36. The van der Waals surface area contributed by atoms with Gasteiger partial charge in [0.1, 0.15) is 0 Å². The summed E-state index contributed by atoms with van der Waals surface area (Å²) in [5.41, 5.74) is 3.99. The molecule has 1 amide bonds.